The van der Waals surface area contributed by atoms with Crippen molar-refractivity contribution in [1.29, 1.82) is 0 Å². The SMILES string of the molecule is CCOc1cc(NCc2ccccc2)nc(-c2ccc(Cl)c(F)c2)n1. The average molecular weight is 358 g/mol. The minimum Gasteiger partial charge on any atom is -0.478 e. The molecule has 0 radical (unpaired) electrons. The first-order valence-electron chi connectivity index (χ1n) is 7.91. The molecule has 6 heteroatoms. The maximum atomic E-state index is 13.7. The third-order valence-electron chi connectivity index (χ3n) is 3.49. The lowest BCUT2D eigenvalue weighted by Gasteiger charge is -2.11. The van der Waals surface area contributed by atoms with Gasteiger partial charge in [-0.3, -0.25) is 0 Å². The first-order chi connectivity index (χ1) is 12.2. The highest BCUT2D eigenvalue weighted by Gasteiger charge is 2.10. The number of nitrogens with zero attached hydrogens (tertiary/aromatic N) is 2. The molecule has 0 saturated heterocycles. The van der Waals surface area contributed by atoms with Gasteiger partial charge in [0.2, 0.25) is 5.88 Å². The van der Waals surface area contributed by atoms with Crippen molar-refractivity contribution in [2.24, 2.45) is 0 Å². The monoisotopic (exact) mass is 357 g/mol. The normalized spacial score (nSPS) is 10.5. The molecule has 25 heavy (non-hydrogen) atoms. The van der Waals surface area contributed by atoms with Gasteiger partial charge in [0.1, 0.15) is 11.6 Å². The first kappa shape index (κ1) is 17.2. The van der Waals surface area contributed by atoms with Crippen LogP contribution >= 0.6 is 11.6 Å². The molecule has 0 spiro atoms. The van der Waals surface area contributed by atoms with Gasteiger partial charge in [0.15, 0.2) is 5.82 Å². The topological polar surface area (TPSA) is 47.0 Å². The highest BCUT2D eigenvalue weighted by atomic mass is 35.5. The minimum absolute atomic E-state index is 0.0622. The molecule has 0 bridgehead atoms. The Kier molecular flexibility index (Phi) is 5.46. The predicted octanol–water partition coefficient (Wildman–Crippen LogP) is 4.95. The van der Waals surface area contributed by atoms with Gasteiger partial charge in [0.25, 0.3) is 0 Å². The third-order valence-corrected chi connectivity index (χ3v) is 3.80. The lowest BCUT2D eigenvalue weighted by atomic mass is 10.2. The van der Waals surface area contributed by atoms with Gasteiger partial charge >= 0.3 is 0 Å². The van der Waals surface area contributed by atoms with Crippen LogP contribution < -0.4 is 10.1 Å². The van der Waals surface area contributed by atoms with E-state index in [4.69, 9.17) is 16.3 Å². The second-order valence-corrected chi connectivity index (χ2v) is 5.72. The summed E-state index contributed by atoms with van der Waals surface area (Å²) in [5.74, 6) is 0.895. The summed E-state index contributed by atoms with van der Waals surface area (Å²) >= 11 is 5.75. The molecular formula is C19H17ClFN3O. The Morgan fingerprint density at radius 3 is 2.60 bits per heavy atom. The predicted molar refractivity (Wildman–Crippen MR) is 97.4 cm³/mol. The van der Waals surface area contributed by atoms with Crippen LogP contribution in [0.3, 0.4) is 0 Å². The van der Waals surface area contributed by atoms with Crippen molar-refractivity contribution in [2.75, 3.05) is 11.9 Å². The van der Waals surface area contributed by atoms with Crippen LogP contribution in [0.2, 0.25) is 5.02 Å². The lowest BCUT2D eigenvalue weighted by molar-refractivity contribution is 0.327. The smallest absolute Gasteiger partial charge is 0.219 e. The van der Waals surface area contributed by atoms with E-state index in [0.717, 1.165) is 5.56 Å². The van der Waals surface area contributed by atoms with Crippen molar-refractivity contribution in [2.45, 2.75) is 13.5 Å². The summed E-state index contributed by atoms with van der Waals surface area (Å²) in [7, 11) is 0. The van der Waals surface area contributed by atoms with Gasteiger partial charge in [-0.1, -0.05) is 41.9 Å². The molecule has 1 N–H and O–H groups in total. The summed E-state index contributed by atoms with van der Waals surface area (Å²) in [5.41, 5.74) is 1.66. The standard InChI is InChI=1S/C19H17ClFN3O/c1-2-25-18-11-17(22-12-13-6-4-3-5-7-13)23-19(24-18)14-8-9-15(20)16(21)10-14/h3-11H,2,12H2,1H3,(H,22,23,24). The van der Waals surface area contributed by atoms with Gasteiger partial charge in [0, 0.05) is 18.2 Å². The van der Waals surface area contributed by atoms with Gasteiger partial charge in [-0.05, 0) is 30.7 Å². The summed E-state index contributed by atoms with van der Waals surface area (Å²) in [6.45, 7) is 2.96. The van der Waals surface area contributed by atoms with Crippen molar-refractivity contribution in [1.82, 2.24) is 9.97 Å². The van der Waals surface area contributed by atoms with Gasteiger partial charge in [0.05, 0.1) is 11.6 Å². The maximum Gasteiger partial charge on any atom is 0.219 e. The molecule has 0 atom stereocenters. The largest absolute Gasteiger partial charge is 0.478 e. The van der Waals surface area contributed by atoms with Gasteiger partial charge in [-0.25, -0.2) is 9.37 Å². The fourth-order valence-electron chi connectivity index (χ4n) is 2.29. The van der Waals surface area contributed by atoms with Crippen molar-refractivity contribution in [3.63, 3.8) is 0 Å². The van der Waals surface area contributed by atoms with Gasteiger partial charge < -0.3 is 10.1 Å². The zero-order chi connectivity index (χ0) is 17.6. The third kappa shape index (κ3) is 4.45. The highest BCUT2D eigenvalue weighted by Crippen LogP contribution is 2.25. The van der Waals surface area contributed by atoms with E-state index >= 15 is 0 Å². The Hall–Kier alpha value is -2.66. The number of hydrogen-bond donors (Lipinski definition) is 1. The summed E-state index contributed by atoms with van der Waals surface area (Å²) in [5, 5.41) is 3.31. The molecule has 1 aromatic heterocycles. The fourth-order valence-corrected chi connectivity index (χ4v) is 2.41. The molecule has 3 rings (SSSR count). The van der Waals surface area contributed by atoms with Crippen molar-refractivity contribution in [3.05, 3.63) is 71.0 Å². The molecule has 128 valence electrons. The van der Waals surface area contributed by atoms with E-state index in [1.807, 2.05) is 37.3 Å². The van der Waals surface area contributed by atoms with Crippen LogP contribution in [0.4, 0.5) is 10.2 Å². The minimum atomic E-state index is -0.511. The van der Waals surface area contributed by atoms with Crippen LogP contribution in [0, 0.1) is 5.82 Å². The molecule has 1 heterocycles. The Labute approximate surface area is 150 Å². The van der Waals surface area contributed by atoms with Crippen LogP contribution in [0.5, 0.6) is 5.88 Å². The summed E-state index contributed by atoms with van der Waals surface area (Å²) < 4.78 is 19.3. The number of hydrogen-bond acceptors (Lipinski definition) is 4. The number of benzene rings is 2. The zero-order valence-corrected chi connectivity index (χ0v) is 14.4. The molecule has 2 aromatic carbocycles. The second kappa shape index (κ2) is 7.94. The molecular weight excluding hydrogens is 341 g/mol. The van der Waals surface area contributed by atoms with Crippen LogP contribution in [-0.2, 0) is 6.54 Å². The zero-order valence-electron chi connectivity index (χ0n) is 13.7. The van der Waals surface area contributed by atoms with E-state index in [0.29, 0.717) is 36.2 Å². The van der Waals surface area contributed by atoms with Crippen LogP contribution in [0.25, 0.3) is 11.4 Å². The molecule has 4 nitrogen and oxygen atoms in total. The molecule has 0 aliphatic rings. The van der Waals surface area contributed by atoms with Crippen molar-refractivity contribution in [3.8, 4) is 17.3 Å². The highest BCUT2D eigenvalue weighted by molar-refractivity contribution is 6.30. The molecule has 0 unspecified atom stereocenters. The molecule has 3 aromatic rings. The summed E-state index contributed by atoms with van der Waals surface area (Å²) in [6.07, 6.45) is 0. The summed E-state index contributed by atoms with van der Waals surface area (Å²) in [4.78, 5) is 8.80. The van der Waals surface area contributed by atoms with E-state index in [-0.39, 0.29) is 5.02 Å². The van der Waals surface area contributed by atoms with E-state index < -0.39 is 5.82 Å². The molecule has 0 aliphatic carbocycles. The van der Waals surface area contributed by atoms with Crippen LogP contribution in [0.15, 0.2) is 54.6 Å². The van der Waals surface area contributed by atoms with Crippen LogP contribution in [-0.4, -0.2) is 16.6 Å². The molecule has 0 saturated carbocycles. The number of aromatic nitrogens is 2. The average Bonchev–Trinajstić information content (AvgIpc) is 2.63. The first-order valence-corrected chi connectivity index (χ1v) is 8.28. The fraction of sp³-hybridized carbons (Fsp3) is 0.158. The van der Waals surface area contributed by atoms with E-state index in [9.17, 15) is 4.39 Å². The maximum absolute atomic E-state index is 13.7. The number of nitrogens with one attached hydrogen (secondary N) is 1. The van der Waals surface area contributed by atoms with Crippen LogP contribution in [0.1, 0.15) is 12.5 Å². The number of halogens is 2. The second-order valence-electron chi connectivity index (χ2n) is 5.32. The Bertz CT molecular complexity index is 859. The number of rotatable bonds is 6. The molecule has 0 fully saturated rings. The van der Waals surface area contributed by atoms with E-state index in [2.05, 4.69) is 15.3 Å². The van der Waals surface area contributed by atoms with Crippen molar-refractivity contribution >= 4 is 17.4 Å². The quantitative estimate of drug-likeness (QED) is 0.678. The van der Waals surface area contributed by atoms with Gasteiger partial charge in [-0.2, -0.15) is 4.98 Å². The Morgan fingerprint density at radius 2 is 1.88 bits per heavy atom. The Morgan fingerprint density at radius 1 is 1.08 bits per heavy atom. The molecule has 0 aliphatic heterocycles. The molecule has 0 amide bonds. The van der Waals surface area contributed by atoms with E-state index in [1.54, 1.807) is 12.1 Å². The Balaban J connectivity index is 1.89. The number of ether oxygens (including phenoxy) is 1. The number of anilines is 1. The van der Waals surface area contributed by atoms with Crippen molar-refractivity contribution < 1.29 is 9.13 Å². The van der Waals surface area contributed by atoms with E-state index in [1.165, 1.54) is 12.1 Å². The van der Waals surface area contributed by atoms with Gasteiger partial charge in [-0.15, -0.1) is 0 Å². The lowest BCUT2D eigenvalue weighted by Crippen LogP contribution is -2.05. The summed E-state index contributed by atoms with van der Waals surface area (Å²) in [6, 6.07) is 16.2.